The summed E-state index contributed by atoms with van der Waals surface area (Å²) >= 11 is 0. The third-order valence-corrected chi connectivity index (χ3v) is 9.88. The molecular formula is C39H37F6N3O2. The lowest BCUT2D eigenvalue weighted by molar-refractivity contribution is -0.142. The van der Waals surface area contributed by atoms with E-state index in [4.69, 9.17) is 0 Å². The van der Waals surface area contributed by atoms with E-state index in [2.05, 4.69) is 15.5 Å². The summed E-state index contributed by atoms with van der Waals surface area (Å²) in [4.78, 5) is 29.3. The van der Waals surface area contributed by atoms with E-state index >= 15 is 0 Å². The summed E-state index contributed by atoms with van der Waals surface area (Å²) in [5.41, 5.74) is 2.67. The Bertz CT molecular complexity index is 1780. The maximum atomic E-state index is 14.0. The molecule has 262 valence electrons. The van der Waals surface area contributed by atoms with Crippen LogP contribution in [0.3, 0.4) is 0 Å². The summed E-state index contributed by atoms with van der Waals surface area (Å²) in [7, 11) is 0. The molecule has 1 saturated heterocycles. The van der Waals surface area contributed by atoms with Crippen LogP contribution >= 0.6 is 0 Å². The number of fused-ring (bicyclic) bond motifs is 3. The zero-order valence-corrected chi connectivity index (χ0v) is 27.2. The third kappa shape index (κ3) is 7.14. The van der Waals surface area contributed by atoms with Crippen molar-refractivity contribution < 1.29 is 35.9 Å². The van der Waals surface area contributed by atoms with Crippen molar-refractivity contribution in [1.29, 1.82) is 0 Å². The van der Waals surface area contributed by atoms with Crippen LogP contribution in [0, 0.1) is 5.92 Å². The highest BCUT2D eigenvalue weighted by Gasteiger charge is 2.54. The van der Waals surface area contributed by atoms with Gasteiger partial charge in [-0.3, -0.25) is 9.59 Å². The van der Waals surface area contributed by atoms with E-state index in [1.54, 1.807) is 24.3 Å². The molecule has 5 nitrogen and oxygen atoms in total. The summed E-state index contributed by atoms with van der Waals surface area (Å²) < 4.78 is 78.9. The number of alkyl halides is 6. The molecule has 11 heteroatoms. The van der Waals surface area contributed by atoms with Gasteiger partial charge in [-0.2, -0.15) is 26.3 Å². The largest absolute Gasteiger partial charge is 0.416 e. The van der Waals surface area contributed by atoms with Gasteiger partial charge >= 0.3 is 12.4 Å². The van der Waals surface area contributed by atoms with Crippen molar-refractivity contribution in [3.8, 4) is 22.3 Å². The van der Waals surface area contributed by atoms with Crippen molar-refractivity contribution in [1.82, 2.24) is 15.5 Å². The van der Waals surface area contributed by atoms with Gasteiger partial charge in [0.2, 0.25) is 5.91 Å². The molecule has 50 heavy (non-hydrogen) atoms. The zero-order chi connectivity index (χ0) is 35.5. The van der Waals surface area contributed by atoms with Gasteiger partial charge in [-0.15, -0.1) is 0 Å². The maximum Gasteiger partial charge on any atom is 0.416 e. The van der Waals surface area contributed by atoms with Gasteiger partial charge in [0.25, 0.3) is 5.91 Å². The number of carbonyl (C=O) groups excluding carboxylic acids is 2. The minimum Gasteiger partial charge on any atom is -0.352 e. The Kier molecular flexibility index (Phi) is 10.1. The Hall–Kier alpha value is -4.64. The lowest BCUT2D eigenvalue weighted by Crippen LogP contribution is -2.53. The number of unbranched alkanes of at least 4 members (excludes halogenated alkanes) is 1. The molecule has 2 aliphatic rings. The highest BCUT2D eigenvalue weighted by atomic mass is 19.4. The van der Waals surface area contributed by atoms with Gasteiger partial charge in [-0.05, 0) is 103 Å². The number of likely N-dealkylation sites (tertiary alicyclic amines) is 1. The number of nitrogens with zero attached hydrogens (tertiary/aromatic N) is 1. The molecule has 4 aromatic rings. The first-order valence-corrected chi connectivity index (χ1v) is 16.7. The molecule has 0 saturated carbocycles. The predicted molar refractivity (Wildman–Crippen MR) is 179 cm³/mol. The molecule has 0 aromatic heterocycles. The molecule has 4 aromatic carbocycles. The number of hydrogen-bond acceptors (Lipinski definition) is 3. The standard InChI is InChI=1S/C39H37F6N3O2/c40-37(41,42)25-47-36(50)38(33-13-5-3-10-30(33)31-11-4-6-14-34(31)38)27-19-23-48(24-20-27)22-8-7-21-46-35(49)32-12-2-1-9-29(32)26-15-17-28(18-16-26)39(43,44)45/h1-6,9-18,27H,7-8,19-25H2,(H,46,49)(H,47,50). The van der Waals surface area contributed by atoms with Crippen LogP contribution in [0.2, 0.25) is 0 Å². The SMILES string of the molecule is O=C(NCCCCN1CCC(C2(C(=O)NCC(F)(F)F)c3ccccc3-c3ccccc32)CC1)c1ccccc1-c1ccc(C(F)(F)F)cc1. The molecule has 1 fully saturated rings. The Morgan fingerprint density at radius 1 is 0.700 bits per heavy atom. The highest BCUT2D eigenvalue weighted by molar-refractivity contribution is 6.01. The van der Waals surface area contributed by atoms with E-state index in [0.717, 1.165) is 47.4 Å². The number of amides is 2. The quantitative estimate of drug-likeness (QED) is 0.130. The number of nitrogens with one attached hydrogen (secondary N) is 2. The van der Waals surface area contributed by atoms with E-state index in [1.165, 1.54) is 12.1 Å². The molecule has 2 N–H and O–H groups in total. The Balaban J connectivity index is 1.06. The molecule has 1 heterocycles. The normalized spacial score (nSPS) is 16.0. The van der Waals surface area contributed by atoms with Gasteiger partial charge in [0, 0.05) is 12.1 Å². The van der Waals surface area contributed by atoms with Crippen LogP contribution < -0.4 is 10.6 Å². The van der Waals surface area contributed by atoms with Crippen molar-refractivity contribution in [2.75, 3.05) is 32.7 Å². The van der Waals surface area contributed by atoms with E-state index in [-0.39, 0.29) is 11.8 Å². The first-order valence-electron chi connectivity index (χ1n) is 16.7. The second-order valence-electron chi connectivity index (χ2n) is 12.9. The molecule has 6 rings (SSSR count). The minimum absolute atomic E-state index is 0.208. The Morgan fingerprint density at radius 2 is 1.26 bits per heavy atom. The predicted octanol–water partition coefficient (Wildman–Crippen LogP) is 8.24. The van der Waals surface area contributed by atoms with E-state index in [9.17, 15) is 35.9 Å². The van der Waals surface area contributed by atoms with Crippen LogP contribution in [-0.4, -0.2) is 55.6 Å². The van der Waals surface area contributed by atoms with Crippen molar-refractivity contribution in [2.45, 2.75) is 43.5 Å². The van der Waals surface area contributed by atoms with Gasteiger partial charge in [0.15, 0.2) is 0 Å². The van der Waals surface area contributed by atoms with Crippen molar-refractivity contribution in [3.05, 3.63) is 119 Å². The average Bonchev–Trinajstić information content (AvgIpc) is 3.41. The number of benzene rings is 4. The summed E-state index contributed by atoms with van der Waals surface area (Å²) in [5, 5.41) is 5.16. The fourth-order valence-electron chi connectivity index (χ4n) is 7.58. The number of halogens is 6. The molecule has 1 aliphatic heterocycles. The number of hydrogen-bond donors (Lipinski definition) is 2. The smallest absolute Gasteiger partial charge is 0.352 e. The van der Waals surface area contributed by atoms with Gasteiger partial charge in [0.05, 0.1) is 5.56 Å². The minimum atomic E-state index is -4.53. The van der Waals surface area contributed by atoms with E-state index in [0.29, 0.717) is 55.6 Å². The molecule has 1 aliphatic carbocycles. The summed E-state index contributed by atoms with van der Waals surface area (Å²) in [6.07, 6.45) is -6.25. The summed E-state index contributed by atoms with van der Waals surface area (Å²) in [6.45, 7) is 1.12. The van der Waals surface area contributed by atoms with Gasteiger partial charge in [0.1, 0.15) is 12.0 Å². The van der Waals surface area contributed by atoms with E-state index in [1.807, 2.05) is 48.5 Å². The molecule has 0 radical (unpaired) electrons. The molecule has 2 amide bonds. The first kappa shape index (κ1) is 35.2. The monoisotopic (exact) mass is 693 g/mol. The zero-order valence-electron chi connectivity index (χ0n) is 27.2. The van der Waals surface area contributed by atoms with Crippen LogP contribution in [-0.2, 0) is 16.4 Å². The van der Waals surface area contributed by atoms with Gasteiger partial charge in [-0.25, -0.2) is 0 Å². The lowest BCUT2D eigenvalue weighted by Gasteiger charge is -2.43. The topological polar surface area (TPSA) is 61.4 Å². The molecule has 0 spiro atoms. The van der Waals surface area contributed by atoms with E-state index < -0.39 is 35.8 Å². The van der Waals surface area contributed by atoms with Crippen LogP contribution in [0.15, 0.2) is 97.1 Å². The molecule has 0 bridgehead atoms. The fraction of sp³-hybridized carbons (Fsp3) is 0.333. The third-order valence-electron chi connectivity index (χ3n) is 9.88. The molecular weight excluding hydrogens is 656 g/mol. The number of piperidine rings is 1. The van der Waals surface area contributed by atoms with Crippen LogP contribution in [0.5, 0.6) is 0 Å². The first-order chi connectivity index (χ1) is 23.9. The van der Waals surface area contributed by atoms with Crippen molar-refractivity contribution >= 4 is 11.8 Å². The van der Waals surface area contributed by atoms with Gasteiger partial charge in [-0.1, -0.05) is 78.9 Å². The highest BCUT2D eigenvalue weighted by Crippen LogP contribution is 2.55. The Labute approximate surface area is 286 Å². The van der Waals surface area contributed by atoms with Crippen molar-refractivity contribution in [2.24, 2.45) is 5.92 Å². The lowest BCUT2D eigenvalue weighted by atomic mass is 9.64. The second-order valence-corrected chi connectivity index (χ2v) is 12.9. The summed E-state index contributed by atoms with van der Waals surface area (Å²) in [6, 6.07) is 26.5. The molecule has 0 atom stereocenters. The van der Waals surface area contributed by atoms with Crippen molar-refractivity contribution in [3.63, 3.8) is 0 Å². The van der Waals surface area contributed by atoms with Crippen LogP contribution in [0.1, 0.15) is 52.7 Å². The van der Waals surface area contributed by atoms with Crippen LogP contribution in [0.4, 0.5) is 26.3 Å². The summed E-state index contributed by atoms with van der Waals surface area (Å²) in [5.74, 6) is -1.14. The fourth-order valence-corrected chi connectivity index (χ4v) is 7.58. The number of carbonyl (C=O) groups is 2. The molecule has 0 unspecified atom stereocenters. The van der Waals surface area contributed by atoms with Crippen LogP contribution in [0.25, 0.3) is 22.3 Å². The number of rotatable bonds is 10. The maximum absolute atomic E-state index is 14.0. The van der Waals surface area contributed by atoms with Gasteiger partial charge < -0.3 is 15.5 Å². The average molecular weight is 694 g/mol. The Morgan fingerprint density at radius 3 is 1.84 bits per heavy atom. The second kappa shape index (κ2) is 14.3.